The van der Waals surface area contributed by atoms with E-state index in [9.17, 15) is 14.4 Å². The molecule has 1 amide bonds. The Balaban J connectivity index is 1.67. The minimum Gasteiger partial charge on any atom is -0.456 e. The Morgan fingerprint density at radius 1 is 1.21 bits per heavy atom. The van der Waals surface area contributed by atoms with Crippen LogP contribution in [0.25, 0.3) is 16.7 Å². The highest BCUT2D eigenvalue weighted by molar-refractivity contribution is 5.81. The molecule has 0 bridgehead atoms. The van der Waals surface area contributed by atoms with Crippen LogP contribution in [0.5, 0.6) is 0 Å². The molecule has 9 heteroatoms. The van der Waals surface area contributed by atoms with Crippen molar-refractivity contribution in [1.82, 2.24) is 25.1 Å². The van der Waals surface area contributed by atoms with Crippen molar-refractivity contribution in [3.05, 3.63) is 52.7 Å². The van der Waals surface area contributed by atoms with Gasteiger partial charge in [-0.15, -0.1) is 0 Å². The van der Waals surface area contributed by atoms with Crippen LogP contribution in [0.4, 0.5) is 0 Å². The summed E-state index contributed by atoms with van der Waals surface area (Å²) in [4.78, 5) is 43.1. The fourth-order valence-corrected chi connectivity index (χ4v) is 2.73. The van der Waals surface area contributed by atoms with Crippen LogP contribution in [0, 0.1) is 0 Å². The predicted molar refractivity (Wildman–Crippen MR) is 107 cm³/mol. The third kappa shape index (κ3) is 5.28. The molecule has 0 radical (unpaired) electrons. The second kappa shape index (κ2) is 8.26. The summed E-state index contributed by atoms with van der Waals surface area (Å²) in [6, 6.07) is 9.32. The van der Waals surface area contributed by atoms with E-state index in [1.807, 2.05) is 51.1 Å². The number of amides is 1. The van der Waals surface area contributed by atoms with Crippen LogP contribution in [-0.4, -0.2) is 43.8 Å². The Morgan fingerprint density at radius 3 is 2.62 bits per heavy atom. The van der Waals surface area contributed by atoms with E-state index in [-0.39, 0.29) is 30.9 Å². The largest absolute Gasteiger partial charge is 0.456 e. The van der Waals surface area contributed by atoms with Crippen molar-refractivity contribution in [3.8, 4) is 5.69 Å². The Hall–Kier alpha value is -3.49. The number of nitrogens with zero attached hydrogens (tertiary/aromatic N) is 3. The summed E-state index contributed by atoms with van der Waals surface area (Å²) >= 11 is 0. The molecule has 0 unspecified atom stereocenters. The fourth-order valence-electron chi connectivity index (χ4n) is 2.73. The van der Waals surface area contributed by atoms with Gasteiger partial charge in [0.05, 0.1) is 18.3 Å². The van der Waals surface area contributed by atoms with Gasteiger partial charge in [-0.3, -0.25) is 14.4 Å². The van der Waals surface area contributed by atoms with Gasteiger partial charge >= 0.3 is 5.97 Å². The van der Waals surface area contributed by atoms with Crippen LogP contribution < -0.4 is 10.9 Å². The third-order valence-corrected chi connectivity index (χ3v) is 3.93. The second-order valence-electron chi connectivity index (χ2n) is 7.60. The minimum absolute atomic E-state index is 0.0171. The van der Waals surface area contributed by atoms with Crippen LogP contribution in [0.15, 0.2) is 41.3 Å². The van der Waals surface area contributed by atoms with Crippen molar-refractivity contribution >= 4 is 22.9 Å². The average Bonchev–Trinajstić information content (AvgIpc) is 3.08. The first-order valence-corrected chi connectivity index (χ1v) is 9.22. The number of hydrogen-bond acceptors (Lipinski definition) is 6. The van der Waals surface area contributed by atoms with Gasteiger partial charge in [0, 0.05) is 12.0 Å². The number of rotatable bonds is 6. The number of carbonyl (C=O) groups excluding carboxylic acids is 2. The Kier molecular flexibility index (Phi) is 5.76. The van der Waals surface area contributed by atoms with E-state index in [1.54, 1.807) is 4.68 Å². The van der Waals surface area contributed by atoms with Crippen molar-refractivity contribution in [1.29, 1.82) is 0 Å². The summed E-state index contributed by atoms with van der Waals surface area (Å²) in [6.07, 6.45) is 1.61. The smallest absolute Gasteiger partial charge is 0.306 e. The van der Waals surface area contributed by atoms with E-state index in [2.05, 4.69) is 20.4 Å². The fraction of sp³-hybridized carbons (Fsp3) is 0.350. The molecule has 3 rings (SSSR count). The number of hydrogen-bond donors (Lipinski definition) is 2. The van der Waals surface area contributed by atoms with Gasteiger partial charge in [-0.2, -0.15) is 5.10 Å². The van der Waals surface area contributed by atoms with Crippen molar-refractivity contribution in [2.45, 2.75) is 39.2 Å². The minimum atomic E-state index is -0.548. The lowest BCUT2D eigenvalue weighted by Gasteiger charge is -2.20. The topological polar surface area (TPSA) is 119 Å². The number of para-hydroxylation sites is 1. The molecule has 3 aromatic rings. The Morgan fingerprint density at radius 2 is 1.93 bits per heavy atom. The van der Waals surface area contributed by atoms with Gasteiger partial charge in [-0.05, 0) is 32.9 Å². The van der Waals surface area contributed by atoms with E-state index in [0.717, 1.165) is 5.69 Å². The Bertz CT molecular complexity index is 1080. The van der Waals surface area contributed by atoms with Gasteiger partial charge < -0.3 is 15.0 Å². The van der Waals surface area contributed by atoms with E-state index < -0.39 is 11.5 Å². The summed E-state index contributed by atoms with van der Waals surface area (Å²) in [5, 5.41) is 7.31. The first kappa shape index (κ1) is 20.2. The van der Waals surface area contributed by atoms with Crippen molar-refractivity contribution in [2.24, 2.45) is 0 Å². The van der Waals surface area contributed by atoms with Crippen LogP contribution >= 0.6 is 0 Å². The highest BCUT2D eigenvalue weighted by Crippen LogP contribution is 2.13. The monoisotopic (exact) mass is 397 g/mol. The number of ether oxygens (including phenoxy) is 1. The van der Waals surface area contributed by atoms with Crippen molar-refractivity contribution in [3.63, 3.8) is 0 Å². The first-order valence-electron chi connectivity index (χ1n) is 9.22. The quantitative estimate of drug-likeness (QED) is 0.609. The standard InChI is InChI=1S/C20H23N5O4/c1-20(2,3)24-16(26)12-29-17(27)10-9-15-22-18-14(19(28)23-15)11-21-25(18)13-7-5-4-6-8-13/h4-8,11H,9-10,12H2,1-3H3,(H,24,26)(H,22,23,28). The number of benzene rings is 1. The molecule has 29 heavy (non-hydrogen) atoms. The van der Waals surface area contributed by atoms with Crippen LogP contribution in [-0.2, 0) is 20.7 Å². The maximum Gasteiger partial charge on any atom is 0.306 e. The molecule has 2 aromatic heterocycles. The SMILES string of the molecule is CC(C)(C)NC(=O)COC(=O)CCc1nc2c(cnn2-c2ccccc2)c(=O)[nH]1. The zero-order valence-electron chi connectivity index (χ0n) is 16.6. The number of aromatic nitrogens is 4. The number of fused-ring (bicyclic) bond motifs is 1. The predicted octanol–water partition coefficient (Wildman–Crippen LogP) is 1.50. The van der Waals surface area contributed by atoms with Gasteiger partial charge in [0.15, 0.2) is 12.3 Å². The normalized spacial score (nSPS) is 11.4. The first-order chi connectivity index (χ1) is 13.7. The molecule has 0 saturated carbocycles. The van der Waals surface area contributed by atoms with E-state index in [0.29, 0.717) is 16.9 Å². The number of aromatic amines is 1. The molecule has 1 aromatic carbocycles. The van der Waals surface area contributed by atoms with Crippen LogP contribution in [0.3, 0.4) is 0 Å². The molecule has 0 atom stereocenters. The lowest BCUT2D eigenvalue weighted by molar-refractivity contribution is -0.148. The molecule has 0 saturated heterocycles. The summed E-state index contributed by atoms with van der Waals surface area (Å²) in [6.45, 7) is 5.17. The molecule has 2 heterocycles. The lowest BCUT2D eigenvalue weighted by Crippen LogP contribution is -2.42. The van der Waals surface area contributed by atoms with Gasteiger partial charge in [0.2, 0.25) is 0 Å². The summed E-state index contributed by atoms with van der Waals surface area (Å²) in [5.74, 6) is -0.574. The number of carbonyl (C=O) groups is 2. The molecule has 0 aliphatic rings. The van der Waals surface area contributed by atoms with Gasteiger partial charge in [-0.1, -0.05) is 18.2 Å². The Labute approximate surface area is 167 Å². The maximum atomic E-state index is 12.3. The number of H-pyrrole nitrogens is 1. The van der Waals surface area contributed by atoms with Crippen molar-refractivity contribution < 1.29 is 14.3 Å². The highest BCUT2D eigenvalue weighted by Gasteiger charge is 2.16. The summed E-state index contributed by atoms with van der Waals surface area (Å²) in [5.41, 5.74) is 0.457. The number of aryl methyl sites for hydroxylation is 1. The van der Waals surface area contributed by atoms with Crippen LogP contribution in [0.1, 0.15) is 33.0 Å². The number of esters is 1. The van der Waals surface area contributed by atoms with Crippen molar-refractivity contribution in [2.75, 3.05) is 6.61 Å². The highest BCUT2D eigenvalue weighted by atomic mass is 16.5. The molecular formula is C20H23N5O4. The van der Waals surface area contributed by atoms with E-state index in [4.69, 9.17) is 4.74 Å². The van der Waals surface area contributed by atoms with E-state index >= 15 is 0 Å². The molecule has 2 N–H and O–H groups in total. The molecular weight excluding hydrogens is 374 g/mol. The van der Waals surface area contributed by atoms with Gasteiger partial charge in [0.1, 0.15) is 11.2 Å². The zero-order valence-corrected chi connectivity index (χ0v) is 16.6. The third-order valence-electron chi connectivity index (χ3n) is 3.93. The summed E-state index contributed by atoms with van der Waals surface area (Å²) < 4.78 is 6.55. The molecule has 0 aliphatic heterocycles. The van der Waals surface area contributed by atoms with Gasteiger partial charge in [0.25, 0.3) is 11.5 Å². The molecule has 0 aliphatic carbocycles. The van der Waals surface area contributed by atoms with Crippen LogP contribution in [0.2, 0.25) is 0 Å². The summed E-state index contributed by atoms with van der Waals surface area (Å²) in [7, 11) is 0. The lowest BCUT2D eigenvalue weighted by atomic mass is 10.1. The number of nitrogens with one attached hydrogen (secondary N) is 2. The molecule has 152 valence electrons. The second-order valence-corrected chi connectivity index (χ2v) is 7.60. The molecule has 0 spiro atoms. The molecule has 9 nitrogen and oxygen atoms in total. The molecule has 0 fully saturated rings. The average molecular weight is 397 g/mol. The zero-order chi connectivity index (χ0) is 21.0. The van der Waals surface area contributed by atoms with Gasteiger partial charge in [-0.25, -0.2) is 9.67 Å². The van der Waals surface area contributed by atoms with E-state index in [1.165, 1.54) is 6.20 Å². The maximum absolute atomic E-state index is 12.3.